The molecule has 0 saturated heterocycles. The molecule has 116 valence electrons. The predicted molar refractivity (Wildman–Crippen MR) is 82.0 cm³/mol. The van der Waals surface area contributed by atoms with Gasteiger partial charge >= 0.3 is 0 Å². The van der Waals surface area contributed by atoms with Crippen molar-refractivity contribution in [3.05, 3.63) is 17.7 Å². The molecular weight excluding hydrogens is 266 g/mol. The van der Waals surface area contributed by atoms with Crippen LogP contribution in [0.25, 0.3) is 0 Å². The zero-order chi connectivity index (χ0) is 14.7. The lowest BCUT2D eigenvalue weighted by Gasteiger charge is -2.24. The Morgan fingerprint density at radius 2 is 1.86 bits per heavy atom. The van der Waals surface area contributed by atoms with Crippen LogP contribution in [0, 0.1) is 0 Å². The minimum absolute atomic E-state index is 0.305. The maximum absolute atomic E-state index is 6.27. The van der Waals surface area contributed by atoms with Gasteiger partial charge in [-0.3, -0.25) is 0 Å². The van der Waals surface area contributed by atoms with Gasteiger partial charge in [0.05, 0.1) is 6.10 Å². The molecule has 4 heteroatoms. The molecule has 1 N–H and O–H groups in total. The first-order valence-electron chi connectivity index (χ1n) is 8.05. The van der Waals surface area contributed by atoms with Crippen molar-refractivity contribution in [2.45, 2.75) is 64.6 Å². The highest BCUT2D eigenvalue weighted by Crippen LogP contribution is 2.39. The van der Waals surface area contributed by atoms with Gasteiger partial charge in [0.25, 0.3) is 0 Å². The van der Waals surface area contributed by atoms with E-state index in [0.29, 0.717) is 18.9 Å². The van der Waals surface area contributed by atoms with E-state index in [9.17, 15) is 0 Å². The van der Waals surface area contributed by atoms with Gasteiger partial charge in [0.2, 0.25) is 6.79 Å². The van der Waals surface area contributed by atoms with Crippen molar-refractivity contribution < 1.29 is 14.2 Å². The largest absolute Gasteiger partial charge is 0.490 e. The Morgan fingerprint density at radius 1 is 1.14 bits per heavy atom. The molecule has 0 amide bonds. The normalized spacial score (nSPS) is 18.2. The fraction of sp³-hybridized carbons (Fsp3) is 0.647. The van der Waals surface area contributed by atoms with Gasteiger partial charge in [-0.2, -0.15) is 0 Å². The highest BCUT2D eigenvalue weighted by Gasteiger charge is 2.21. The smallest absolute Gasteiger partial charge is 0.231 e. The summed E-state index contributed by atoms with van der Waals surface area (Å²) in [6, 6.07) is 4.49. The van der Waals surface area contributed by atoms with Gasteiger partial charge in [-0.25, -0.2) is 0 Å². The van der Waals surface area contributed by atoms with Gasteiger partial charge in [0.15, 0.2) is 11.5 Å². The summed E-state index contributed by atoms with van der Waals surface area (Å²) in [6.45, 7) is 5.39. The van der Waals surface area contributed by atoms with Crippen LogP contribution >= 0.6 is 0 Å². The van der Waals surface area contributed by atoms with E-state index < -0.39 is 0 Å². The summed E-state index contributed by atoms with van der Waals surface area (Å²) in [4.78, 5) is 0. The summed E-state index contributed by atoms with van der Waals surface area (Å²) < 4.78 is 17.2. The highest BCUT2D eigenvalue weighted by molar-refractivity contribution is 5.52. The van der Waals surface area contributed by atoms with E-state index in [-0.39, 0.29) is 0 Å². The molecule has 4 nitrogen and oxygen atoms in total. The monoisotopic (exact) mass is 291 g/mol. The van der Waals surface area contributed by atoms with Gasteiger partial charge in [0.1, 0.15) is 5.75 Å². The molecular formula is C17H25NO3. The Morgan fingerprint density at radius 3 is 2.57 bits per heavy atom. The molecule has 1 aliphatic heterocycles. The van der Waals surface area contributed by atoms with Crippen LogP contribution in [-0.4, -0.2) is 18.9 Å². The van der Waals surface area contributed by atoms with Crippen molar-refractivity contribution >= 4 is 0 Å². The Labute approximate surface area is 126 Å². The summed E-state index contributed by atoms with van der Waals surface area (Å²) in [5.74, 6) is 2.57. The lowest BCUT2D eigenvalue weighted by Crippen LogP contribution is -2.24. The highest BCUT2D eigenvalue weighted by atomic mass is 16.7. The summed E-state index contributed by atoms with van der Waals surface area (Å²) in [5, 5.41) is 3.45. The molecule has 0 radical (unpaired) electrons. The second-order valence-electron chi connectivity index (χ2n) is 6.23. The quantitative estimate of drug-likeness (QED) is 0.899. The molecule has 1 heterocycles. The first kappa shape index (κ1) is 14.5. The molecule has 3 rings (SSSR count). The molecule has 0 unspecified atom stereocenters. The van der Waals surface area contributed by atoms with Crippen LogP contribution in [0.15, 0.2) is 12.1 Å². The molecule has 1 aromatic carbocycles. The lowest BCUT2D eigenvalue weighted by atomic mass is 9.97. The average molecular weight is 291 g/mol. The third kappa shape index (κ3) is 3.62. The molecule has 1 saturated carbocycles. The van der Waals surface area contributed by atoms with Crippen LogP contribution in [0.1, 0.15) is 51.5 Å². The summed E-state index contributed by atoms with van der Waals surface area (Å²) >= 11 is 0. The van der Waals surface area contributed by atoms with Gasteiger partial charge < -0.3 is 19.5 Å². The predicted octanol–water partition coefficient (Wildman–Crippen LogP) is 3.62. The Balaban J connectivity index is 1.78. The summed E-state index contributed by atoms with van der Waals surface area (Å²) in [7, 11) is 0. The minimum Gasteiger partial charge on any atom is -0.490 e. The first-order valence-corrected chi connectivity index (χ1v) is 8.05. The van der Waals surface area contributed by atoms with Gasteiger partial charge in [-0.15, -0.1) is 0 Å². The standard InChI is InChI=1S/C17H25NO3/c1-12(2)18-10-13-8-16-17(20-11-19-16)9-15(13)21-14-6-4-3-5-7-14/h8-9,12,14,18H,3-7,10-11H2,1-2H3. The molecule has 0 bridgehead atoms. The Kier molecular flexibility index (Phi) is 4.54. The van der Waals surface area contributed by atoms with E-state index in [1.807, 2.05) is 6.07 Å². The maximum Gasteiger partial charge on any atom is 0.231 e. The lowest BCUT2D eigenvalue weighted by molar-refractivity contribution is 0.152. The van der Waals surface area contributed by atoms with Crippen LogP contribution in [0.4, 0.5) is 0 Å². The second kappa shape index (κ2) is 6.56. The topological polar surface area (TPSA) is 39.7 Å². The van der Waals surface area contributed by atoms with E-state index in [1.165, 1.54) is 19.3 Å². The van der Waals surface area contributed by atoms with Gasteiger partial charge in [-0.1, -0.05) is 20.3 Å². The second-order valence-corrected chi connectivity index (χ2v) is 6.23. The molecule has 1 aromatic rings. The SMILES string of the molecule is CC(C)NCc1cc2c(cc1OC1CCCCC1)OCO2. The molecule has 1 fully saturated rings. The van der Waals surface area contributed by atoms with Gasteiger partial charge in [0, 0.05) is 24.2 Å². The molecule has 1 aliphatic carbocycles. The van der Waals surface area contributed by atoms with Crippen molar-refractivity contribution in [1.29, 1.82) is 0 Å². The Hall–Kier alpha value is -1.42. The molecule has 0 spiro atoms. The van der Waals surface area contributed by atoms with Crippen LogP contribution in [-0.2, 0) is 6.54 Å². The molecule has 21 heavy (non-hydrogen) atoms. The van der Waals surface area contributed by atoms with Crippen molar-refractivity contribution in [2.24, 2.45) is 0 Å². The fourth-order valence-electron chi connectivity index (χ4n) is 2.89. The number of nitrogens with one attached hydrogen (secondary N) is 1. The summed E-state index contributed by atoms with van der Waals surface area (Å²) in [5.41, 5.74) is 1.15. The zero-order valence-electron chi connectivity index (χ0n) is 13.0. The Bertz CT molecular complexity index is 481. The average Bonchev–Trinajstić information content (AvgIpc) is 2.93. The van der Waals surface area contributed by atoms with Crippen molar-refractivity contribution in [3.8, 4) is 17.2 Å². The number of ether oxygens (including phenoxy) is 3. The number of hydrogen-bond acceptors (Lipinski definition) is 4. The van der Waals surface area contributed by atoms with Crippen molar-refractivity contribution in [1.82, 2.24) is 5.32 Å². The first-order chi connectivity index (χ1) is 10.2. The van der Waals surface area contributed by atoms with E-state index in [4.69, 9.17) is 14.2 Å². The minimum atomic E-state index is 0.305. The fourth-order valence-corrected chi connectivity index (χ4v) is 2.89. The van der Waals surface area contributed by atoms with Crippen LogP contribution < -0.4 is 19.5 Å². The van der Waals surface area contributed by atoms with E-state index in [1.54, 1.807) is 0 Å². The number of fused-ring (bicyclic) bond motifs is 1. The van der Waals surface area contributed by atoms with Crippen LogP contribution in [0.5, 0.6) is 17.2 Å². The van der Waals surface area contributed by atoms with E-state index in [0.717, 1.165) is 42.2 Å². The maximum atomic E-state index is 6.27. The molecule has 0 atom stereocenters. The zero-order valence-corrected chi connectivity index (χ0v) is 13.0. The van der Waals surface area contributed by atoms with Crippen LogP contribution in [0.2, 0.25) is 0 Å². The third-order valence-corrected chi connectivity index (χ3v) is 4.10. The molecule has 2 aliphatic rings. The third-order valence-electron chi connectivity index (χ3n) is 4.10. The van der Waals surface area contributed by atoms with Gasteiger partial charge in [-0.05, 0) is 31.7 Å². The number of rotatable bonds is 5. The number of hydrogen-bond donors (Lipinski definition) is 1. The summed E-state index contributed by atoms with van der Waals surface area (Å²) in [6.07, 6.45) is 6.54. The van der Waals surface area contributed by atoms with Crippen molar-refractivity contribution in [2.75, 3.05) is 6.79 Å². The molecule has 0 aromatic heterocycles. The van der Waals surface area contributed by atoms with E-state index in [2.05, 4.69) is 25.2 Å². The van der Waals surface area contributed by atoms with Crippen LogP contribution in [0.3, 0.4) is 0 Å². The van der Waals surface area contributed by atoms with E-state index >= 15 is 0 Å². The number of benzene rings is 1. The van der Waals surface area contributed by atoms with Crippen molar-refractivity contribution in [3.63, 3.8) is 0 Å².